The largest absolute Gasteiger partial charge is 0.481 e. The average Bonchev–Trinajstić information content (AvgIpc) is 2.85. The molecule has 8 heteroatoms. The summed E-state index contributed by atoms with van der Waals surface area (Å²) >= 11 is 12.6. The highest BCUT2D eigenvalue weighted by molar-refractivity contribution is 6.30. The van der Waals surface area contributed by atoms with E-state index < -0.39 is 11.9 Å². The molecule has 35 heavy (non-hydrogen) atoms. The summed E-state index contributed by atoms with van der Waals surface area (Å²) in [6.45, 7) is 5.81. The van der Waals surface area contributed by atoms with Crippen molar-refractivity contribution in [3.8, 4) is 0 Å². The van der Waals surface area contributed by atoms with Gasteiger partial charge in [-0.2, -0.15) is 0 Å². The normalized spacial score (nSPS) is 24.4. The van der Waals surface area contributed by atoms with Crippen LogP contribution < -0.4 is 0 Å². The van der Waals surface area contributed by atoms with E-state index in [9.17, 15) is 14.7 Å². The van der Waals surface area contributed by atoms with Crippen LogP contribution in [0.15, 0.2) is 48.5 Å². The number of hydrogen-bond acceptors (Lipinski definition) is 4. The zero-order valence-corrected chi connectivity index (χ0v) is 21.4. The predicted octanol–water partition coefficient (Wildman–Crippen LogP) is 5.25. The van der Waals surface area contributed by atoms with Crippen LogP contribution in [0, 0.1) is 5.92 Å². The number of amides is 1. The lowest BCUT2D eigenvalue weighted by atomic mass is 9.74. The van der Waals surface area contributed by atoms with Crippen LogP contribution in [0.4, 0.5) is 0 Å². The van der Waals surface area contributed by atoms with Crippen molar-refractivity contribution in [3.63, 3.8) is 0 Å². The van der Waals surface area contributed by atoms with Crippen LogP contribution in [0.1, 0.15) is 49.3 Å². The molecular formula is C27H32Cl2N2O4. The predicted molar refractivity (Wildman–Crippen MR) is 137 cm³/mol. The van der Waals surface area contributed by atoms with Crippen LogP contribution in [0.25, 0.3) is 0 Å². The fourth-order valence-electron chi connectivity index (χ4n) is 5.47. The third-order valence-corrected chi connectivity index (χ3v) is 7.66. The Bertz CT molecular complexity index is 1030. The highest BCUT2D eigenvalue weighted by atomic mass is 35.5. The van der Waals surface area contributed by atoms with E-state index in [1.807, 2.05) is 53.4 Å². The van der Waals surface area contributed by atoms with Crippen molar-refractivity contribution in [1.82, 2.24) is 9.80 Å². The zero-order valence-electron chi connectivity index (χ0n) is 19.9. The molecule has 2 aliphatic rings. The number of ether oxygens (including phenoxy) is 1. The number of hydrogen-bond donors (Lipinski definition) is 1. The summed E-state index contributed by atoms with van der Waals surface area (Å²) in [5.74, 6) is -1.75. The van der Waals surface area contributed by atoms with Gasteiger partial charge in [0, 0.05) is 47.6 Å². The molecule has 2 aliphatic heterocycles. The van der Waals surface area contributed by atoms with E-state index in [-0.39, 0.29) is 30.3 Å². The number of likely N-dealkylation sites (tertiary alicyclic amines) is 1. The van der Waals surface area contributed by atoms with Crippen molar-refractivity contribution < 1.29 is 19.4 Å². The van der Waals surface area contributed by atoms with Gasteiger partial charge in [0.1, 0.15) is 0 Å². The molecule has 4 rings (SSSR count). The lowest BCUT2D eigenvalue weighted by Crippen LogP contribution is -2.55. The number of halogens is 2. The van der Waals surface area contributed by atoms with Gasteiger partial charge in [-0.1, -0.05) is 54.4 Å². The van der Waals surface area contributed by atoms with Crippen LogP contribution in [0.2, 0.25) is 10.0 Å². The molecule has 0 aliphatic carbocycles. The molecule has 0 aromatic heterocycles. The average molecular weight is 519 g/mol. The molecule has 0 bridgehead atoms. The number of piperidine rings is 1. The molecule has 1 N–H and O–H groups in total. The first-order valence-corrected chi connectivity index (χ1v) is 13.0. The number of carbonyl (C=O) groups excluding carboxylic acids is 1. The summed E-state index contributed by atoms with van der Waals surface area (Å²) in [6.07, 6.45) is 1.02. The monoisotopic (exact) mass is 518 g/mol. The van der Waals surface area contributed by atoms with E-state index in [0.29, 0.717) is 29.7 Å². The van der Waals surface area contributed by atoms with Gasteiger partial charge >= 0.3 is 5.97 Å². The maximum absolute atomic E-state index is 14.0. The van der Waals surface area contributed by atoms with E-state index in [1.165, 1.54) is 0 Å². The fraction of sp³-hybridized carbons (Fsp3) is 0.481. The number of carboxylic acid groups (broad SMARTS) is 1. The lowest BCUT2D eigenvalue weighted by molar-refractivity contribution is -0.153. The highest BCUT2D eigenvalue weighted by Crippen LogP contribution is 2.47. The van der Waals surface area contributed by atoms with E-state index in [1.54, 1.807) is 0 Å². The number of benzene rings is 2. The highest BCUT2D eigenvalue weighted by Gasteiger charge is 2.46. The number of carbonyl (C=O) groups is 2. The second-order valence-electron chi connectivity index (χ2n) is 9.41. The van der Waals surface area contributed by atoms with E-state index in [4.69, 9.17) is 27.9 Å². The van der Waals surface area contributed by atoms with Crippen LogP contribution in [0.3, 0.4) is 0 Å². The van der Waals surface area contributed by atoms with Gasteiger partial charge in [-0.25, -0.2) is 0 Å². The van der Waals surface area contributed by atoms with Gasteiger partial charge in [-0.15, -0.1) is 0 Å². The molecule has 0 saturated carbocycles. The van der Waals surface area contributed by atoms with E-state index in [2.05, 4.69) is 11.8 Å². The SMILES string of the molecule is CCC(CN1CCOCC1)N1C(=O)[C@@H](CC(=O)O)CC(c2cccc(Cl)c2)[C@H]1c1ccc(Cl)cc1. The van der Waals surface area contributed by atoms with Crippen molar-refractivity contribution in [2.45, 2.75) is 44.2 Å². The van der Waals surface area contributed by atoms with Crippen LogP contribution in [-0.2, 0) is 14.3 Å². The number of nitrogens with zero attached hydrogens (tertiary/aromatic N) is 2. The number of rotatable bonds is 8. The maximum Gasteiger partial charge on any atom is 0.304 e. The molecule has 4 atom stereocenters. The van der Waals surface area contributed by atoms with Crippen molar-refractivity contribution >= 4 is 35.1 Å². The fourth-order valence-corrected chi connectivity index (χ4v) is 5.80. The Morgan fingerprint density at radius 3 is 2.43 bits per heavy atom. The minimum absolute atomic E-state index is 0.0699. The molecule has 2 heterocycles. The van der Waals surface area contributed by atoms with Crippen molar-refractivity contribution in [3.05, 3.63) is 69.7 Å². The Balaban J connectivity index is 1.80. The number of aliphatic carboxylic acids is 1. The van der Waals surface area contributed by atoms with Crippen LogP contribution in [0.5, 0.6) is 0 Å². The quantitative estimate of drug-likeness (QED) is 0.516. The first-order chi connectivity index (χ1) is 16.9. The topological polar surface area (TPSA) is 70.1 Å². The van der Waals surface area contributed by atoms with Gasteiger partial charge in [0.15, 0.2) is 0 Å². The van der Waals surface area contributed by atoms with Crippen molar-refractivity contribution in [2.24, 2.45) is 5.92 Å². The van der Waals surface area contributed by atoms with Gasteiger partial charge in [-0.05, 0) is 48.2 Å². The van der Waals surface area contributed by atoms with Crippen molar-refractivity contribution in [2.75, 3.05) is 32.8 Å². The first-order valence-electron chi connectivity index (χ1n) is 12.2. The minimum Gasteiger partial charge on any atom is -0.481 e. The Hall–Kier alpha value is -2.12. The second kappa shape index (κ2) is 11.7. The molecule has 0 radical (unpaired) electrons. The van der Waals surface area contributed by atoms with Crippen LogP contribution >= 0.6 is 23.2 Å². The summed E-state index contributed by atoms with van der Waals surface area (Å²) in [5.41, 5.74) is 1.99. The summed E-state index contributed by atoms with van der Waals surface area (Å²) in [4.78, 5) is 30.0. The minimum atomic E-state index is -0.959. The number of morpholine rings is 1. The second-order valence-corrected chi connectivity index (χ2v) is 10.3. The Labute approximate surface area is 216 Å². The maximum atomic E-state index is 14.0. The van der Waals surface area contributed by atoms with Gasteiger partial charge < -0.3 is 14.7 Å². The van der Waals surface area contributed by atoms with Gasteiger partial charge in [0.05, 0.1) is 25.7 Å². The molecule has 188 valence electrons. The molecule has 2 aromatic carbocycles. The van der Waals surface area contributed by atoms with E-state index in [0.717, 1.165) is 37.2 Å². The zero-order chi connectivity index (χ0) is 24.9. The van der Waals surface area contributed by atoms with E-state index >= 15 is 0 Å². The van der Waals surface area contributed by atoms with Gasteiger partial charge in [0.25, 0.3) is 0 Å². The smallest absolute Gasteiger partial charge is 0.304 e. The van der Waals surface area contributed by atoms with Crippen molar-refractivity contribution in [1.29, 1.82) is 0 Å². The Kier molecular flexibility index (Phi) is 8.71. The third kappa shape index (κ3) is 6.18. The third-order valence-electron chi connectivity index (χ3n) is 7.17. The molecule has 2 saturated heterocycles. The standard InChI is InChI=1S/C27H32Cl2N2O4/c1-2-23(17-30-10-12-35-13-11-30)31-26(18-6-8-21(28)9-7-18)24(19-4-3-5-22(29)14-19)15-20(27(31)34)16-25(32)33/h3-9,14,20,23-24,26H,2,10-13,15-17H2,1H3,(H,32,33)/t20-,23?,24?,26-/m1/s1. The molecule has 6 nitrogen and oxygen atoms in total. The summed E-state index contributed by atoms with van der Waals surface area (Å²) in [6, 6.07) is 15.0. The molecule has 2 fully saturated rings. The summed E-state index contributed by atoms with van der Waals surface area (Å²) in [5, 5.41) is 10.9. The summed E-state index contributed by atoms with van der Waals surface area (Å²) in [7, 11) is 0. The number of carboxylic acids is 1. The lowest BCUT2D eigenvalue weighted by Gasteiger charge is -2.49. The molecule has 2 aromatic rings. The summed E-state index contributed by atoms with van der Waals surface area (Å²) < 4.78 is 5.52. The molecule has 0 spiro atoms. The van der Waals surface area contributed by atoms with Gasteiger partial charge in [0.2, 0.25) is 5.91 Å². The first kappa shape index (κ1) is 26.0. The Morgan fingerprint density at radius 2 is 1.80 bits per heavy atom. The molecule has 2 unspecified atom stereocenters. The van der Waals surface area contributed by atoms with Gasteiger partial charge in [-0.3, -0.25) is 14.5 Å². The Morgan fingerprint density at radius 1 is 1.09 bits per heavy atom. The molecule has 1 amide bonds. The van der Waals surface area contributed by atoms with Crippen LogP contribution in [-0.4, -0.2) is 65.7 Å². The molecular weight excluding hydrogens is 487 g/mol.